The minimum absolute atomic E-state index is 0.0232. The fraction of sp³-hybridized carbons (Fsp3) is 0.615. The molecule has 4 heteroatoms. The molecule has 96 valence electrons. The van der Waals surface area contributed by atoms with E-state index in [4.69, 9.17) is 10.5 Å². The molecule has 0 bridgehead atoms. The van der Waals surface area contributed by atoms with Crippen LogP contribution in [-0.2, 0) is 0 Å². The lowest BCUT2D eigenvalue weighted by Crippen LogP contribution is -2.20. The highest BCUT2D eigenvalue weighted by Crippen LogP contribution is 2.18. The molecular weight excluding hydrogens is 214 g/mol. The van der Waals surface area contributed by atoms with E-state index in [2.05, 4.69) is 16.8 Å². The molecule has 0 aliphatic rings. The highest BCUT2D eigenvalue weighted by Gasteiger charge is 2.08. The molecule has 1 atom stereocenters. The first-order chi connectivity index (χ1) is 8.13. The van der Waals surface area contributed by atoms with Crippen molar-refractivity contribution in [3.8, 4) is 5.75 Å². The Bertz CT molecular complexity index is 328. The standard InChI is InChI=1S/C13H23N3O/c1-4-7-17-12-8-11(9-15-10-12)13(14)5-6-16(2)3/h8-10,13H,4-7,14H2,1-3H3. The molecule has 0 saturated carbocycles. The van der Waals surface area contributed by atoms with Crippen LogP contribution in [0.25, 0.3) is 0 Å². The smallest absolute Gasteiger partial charge is 0.137 e. The van der Waals surface area contributed by atoms with Gasteiger partial charge < -0.3 is 15.4 Å². The second-order valence-electron chi connectivity index (χ2n) is 4.50. The molecule has 1 aromatic rings. The van der Waals surface area contributed by atoms with Crippen molar-refractivity contribution in [1.82, 2.24) is 9.88 Å². The van der Waals surface area contributed by atoms with Crippen LogP contribution >= 0.6 is 0 Å². The Hall–Kier alpha value is -1.13. The zero-order valence-corrected chi connectivity index (χ0v) is 11.0. The minimum atomic E-state index is 0.0232. The molecule has 0 aliphatic heterocycles. The lowest BCUT2D eigenvalue weighted by Gasteiger charge is -2.16. The molecule has 0 fully saturated rings. The summed E-state index contributed by atoms with van der Waals surface area (Å²) in [5.74, 6) is 0.810. The molecule has 0 spiro atoms. The van der Waals surface area contributed by atoms with Gasteiger partial charge in [0.05, 0.1) is 12.8 Å². The van der Waals surface area contributed by atoms with E-state index in [1.165, 1.54) is 0 Å². The van der Waals surface area contributed by atoms with Gasteiger partial charge in [-0.2, -0.15) is 0 Å². The maximum absolute atomic E-state index is 6.12. The molecule has 1 rings (SSSR count). The molecule has 1 aromatic heterocycles. The largest absolute Gasteiger partial charge is 0.492 e. The molecule has 0 amide bonds. The topological polar surface area (TPSA) is 51.4 Å². The maximum atomic E-state index is 6.12. The highest BCUT2D eigenvalue weighted by atomic mass is 16.5. The van der Waals surface area contributed by atoms with E-state index in [9.17, 15) is 0 Å². The first kappa shape index (κ1) is 13.9. The van der Waals surface area contributed by atoms with E-state index in [1.54, 1.807) is 6.20 Å². The number of aromatic nitrogens is 1. The van der Waals surface area contributed by atoms with Gasteiger partial charge in [-0.05, 0) is 45.1 Å². The lowest BCUT2D eigenvalue weighted by molar-refractivity contribution is 0.315. The summed E-state index contributed by atoms with van der Waals surface area (Å²) < 4.78 is 5.54. The number of hydrogen-bond donors (Lipinski definition) is 1. The summed E-state index contributed by atoms with van der Waals surface area (Å²) in [5, 5.41) is 0. The first-order valence-corrected chi connectivity index (χ1v) is 6.11. The van der Waals surface area contributed by atoms with Crippen molar-refractivity contribution in [1.29, 1.82) is 0 Å². The van der Waals surface area contributed by atoms with Gasteiger partial charge >= 0.3 is 0 Å². The molecule has 0 saturated heterocycles. The van der Waals surface area contributed by atoms with Gasteiger partial charge in [0.2, 0.25) is 0 Å². The Balaban J connectivity index is 2.57. The van der Waals surface area contributed by atoms with Gasteiger partial charge in [0.25, 0.3) is 0 Å². The molecule has 4 nitrogen and oxygen atoms in total. The SMILES string of the molecule is CCCOc1cncc(C(N)CCN(C)C)c1. The van der Waals surface area contributed by atoms with Crippen LogP contribution < -0.4 is 10.5 Å². The number of pyridine rings is 1. The molecule has 17 heavy (non-hydrogen) atoms. The monoisotopic (exact) mass is 237 g/mol. The van der Waals surface area contributed by atoms with Crippen molar-refractivity contribution in [3.05, 3.63) is 24.0 Å². The zero-order chi connectivity index (χ0) is 12.7. The van der Waals surface area contributed by atoms with Crippen LogP contribution in [0.2, 0.25) is 0 Å². The molecule has 1 unspecified atom stereocenters. The van der Waals surface area contributed by atoms with Gasteiger partial charge in [-0.3, -0.25) is 4.98 Å². The van der Waals surface area contributed by atoms with Gasteiger partial charge in [-0.1, -0.05) is 6.92 Å². The van der Waals surface area contributed by atoms with Crippen LogP contribution in [0.3, 0.4) is 0 Å². The molecule has 0 aliphatic carbocycles. The Morgan fingerprint density at radius 1 is 1.41 bits per heavy atom. The molecular formula is C13H23N3O. The quantitative estimate of drug-likeness (QED) is 0.786. The Labute approximate surface area is 104 Å². The van der Waals surface area contributed by atoms with Crippen LogP contribution in [0.5, 0.6) is 5.75 Å². The molecule has 2 N–H and O–H groups in total. The third kappa shape index (κ3) is 5.15. The summed E-state index contributed by atoms with van der Waals surface area (Å²) in [6.07, 6.45) is 5.47. The van der Waals surface area contributed by atoms with E-state index in [0.717, 1.165) is 37.3 Å². The first-order valence-electron chi connectivity index (χ1n) is 6.11. The van der Waals surface area contributed by atoms with Crippen LogP contribution in [0.4, 0.5) is 0 Å². The van der Waals surface area contributed by atoms with Crippen LogP contribution in [0.15, 0.2) is 18.5 Å². The lowest BCUT2D eigenvalue weighted by atomic mass is 10.1. The molecule has 1 heterocycles. The summed E-state index contributed by atoms with van der Waals surface area (Å²) in [6.45, 7) is 3.78. The fourth-order valence-electron chi connectivity index (χ4n) is 1.50. The summed E-state index contributed by atoms with van der Waals surface area (Å²) in [6, 6.07) is 2.01. The number of ether oxygens (including phenoxy) is 1. The summed E-state index contributed by atoms with van der Waals surface area (Å²) in [4.78, 5) is 6.30. The van der Waals surface area contributed by atoms with E-state index >= 15 is 0 Å². The van der Waals surface area contributed by atoms with Crippen LogP contribution in [0, 0.1) is 0 Å². The zero-order valence-electron chi connectivity index (χ0n) is 11.0. The van der Waals surface area contributed by atoms with Crippen LogP contribution in [0.1, 0.15) is 31.4 Å². The average Bonchev–Trinajstić information content (AvgIpc) is 2.33. The summed E-state index contributed by atoms with van der Waals surface area (Å²) >= 11 is 0. The Morgan fingerprint density at radius 3 is 2.82 bits per heavy atom. The normalized spacial score (nSPS) is 12.8. The summed E-state index contributed by atoms with van der Waals surface area (Å²) in [7, 11) is 4.09. The second kappa shape index (κ2) is 7.25. The van der Waals surface area contributed by atoms with Crippen molar-refractivity contribution in [2.75, 3.05) is 27.2 Å². The average molecular weight is 237 g/mol. The predicted octanol–water partition coefficient (Wildman–Crippen LogP) is 1.82. The predicted molar refractivity (Wildman–Crippen MR) is 70.1 cm³/mol. The van der Waals surface area contributed by atoms with Crippen molar-refractivity contribution in [2.24, 2.45) is 5.73 Å². The summed E-state index contributed by atoms with van der Waals surface area (Å²) in [5.41, 5.74) is 7.16. The molecule has 0 radical (unpaired) electrons. The van der Waals surface area contributed by atoms with Gasteiger partial charge in [0.15, 0.2) is 0 Å². The maximum Gasteiger partial charge on any atom is 0.137 e. The van der Waals surface area contributed by atoms with E-state index in [-0.39, 0.29) is 6.04 Å². The van der Waals surface area contributed by atoms with Gasteiger partial charge in [0, 0.05) is 12.2 Å². The van der Waals surface area contributed by atoms with E-state index < -0.39 is 0 Å². The van der Waals surface area contributed by atoms with Crippen LogP contribution in [-0.4, -0.2) is 37.1 Å². The fourth-order valence-corrected chi connectivity index (χ4v) is 1.50. The van der Waals surface area contributed by atoms with E-state index in [0.29, 0.717) is 0 Å². The second-order valence-corrected chi connectivity index (χ2v) is 4.50. The van der Waals surface area contributed by atoms with Gasteiger partial charge in [-0.15, -0.1) is 0 Å². The van der Waals surface area contributed by atoms with Gasteiger partial charge in [0.1, 0.15) is 5.75 Å². The minimum Gasteiger partial charge on any atom is -0.492 e. The van der Waals surface area contributed by atoms with Gasteiger partial charge in [-0.25, -0.2) is 0 Å². The van der Waals surface area contributed by atoms with Crippen molar-refractivity contribution >= 4 is 0 Å². The Kier molecular flexibility index (Phi) is 5.94. The third-order valence-corrected chi connectivity index (χ3v) is 2.52. The van der Waals surface area contributed by atoms with Crippen molar-refractivity contribution in [3.63, 3.8) is 0 Å². The molecule has 0 aromatic carbocycles. The van der Waals surface area contributed by atoms with Crippen molar-refractivity contribution in [2.45, 2.75) is 25.8 Å². The van der Waals surface area contributed by atoms with E-state index in [1.807, 2.05) is 26.4 Å². The third-order valence-electron chi connectivity index (χ3n) is 2.52. The number of rotatable bonds is 7. The highest BCUT2D eigenvalue weighted by molar-refractivity contribution is 5.25. The number of hydrogen-bond acceptors (Lipinski definition) is 4. The number of nitrogens with two attached hydrogens (primary N) is 1. The Morgan fingerprint density at radius 2 is 2.18 bits per heavy atom. The van der Waals surface area contributed by atoms with Crippen molar-refractivity contribution < 1.29 is 4.74 Å². The number of nitrogens with zero attached hydrogens (tertiary/aromatic N) is 2.